The van der Waals surface area contributed by atoms with Crippen LogP contribution in [-0.2, 0) is 4.79 Å². The Morgan fingerprint density at radius 2 is 2.00 bits per heavy atom. The van der Waals surface area contributed by atoms with Crippen LogP contribution in [0.15, 0.2) is 0 Å². The highest BCUT2D eigenvalue weighted by molar-refractivity contribution is 5.86. The van der Waals surface area contributed by atoms with E-state index in [-0.39, 0.29) is 18.4 Å². The monoisotopic (exact) mass is 243 g/mol. The molecule has 98 valence electrons. The number of urea groups is 1. The number of aliphatic hydroxyl groups excluding tert-OH is 1. The Morgan fingerprint density at radius 3 is 2.41 bits per heavy atom. The lowest BCUT2D eigenvalue weighted by Gasteiger charge is -2.21. The van der Waals surface area contributed by atoms with E-state index in [1.54, 1.807) is 0 Å². The molecule has 0 bridgehead atoms. The highest BCUT2D eigenvalue weighted by Crippen LogP contribution is 2.32. The standard InChI is InChI=1S/C11H21N3O3/c1-6(2)9(14-11(12)17)10(16)13-5-8(15)7-3-4-7/h6-9,15H,3-5H2,1-2H3,(H,13,16)(H3,12,14,17). The number of nitrogens with two attached hydrogens (primary N) is 1. The predicted octanol–water partition coefficient (Wildman–Crippen LogP) is -0.434. The summed E-state index contributed by atoms with van der Waals surface area (Å²) in [5, 5.41) is 14.6. The maximum absolute atomic E-state index is 11.8. The van der Waals surface area contributed by atoms with Gasteiger partial charge < -0.3 is 21.5 Å². The largest absolute Gasteiger partial charge is 0.391 e. The molecule has 0 aliphatic heterocycles. The van der Waals surface area contributed by atoms with Crippen molar-refractivity contribution in [3.63, 3.8) is 0 Å². The van der Waals surface area contributed by atoms with Gasteiger partial charge in [0.25, 0.3) is 0 Å². The molecule has 3 amide bonds. The summed E-state index contributed by atoms with van der Waals surface area (Å²) in [5.41, 5.74) is 5.00. The Kier molecular flexibility index (Phi) is 4.74. The van der Waals surface area contributed by atoms with Gasteiger partial charge in [0.1, 0.15) is 6.04 Å². The second-order valence-corrected chi connectivity index (χ2v) is 4.88. The fourth-order valence-electron chi connectivity index (χ4n) is 1.65. The van der Waals surface area contributed by atoms with Crippen LogP contribution < -0.4 is 16.4 Å². The zero-order chi connectivity index (χ0) is 13.0. The zero-order valence-electron chi connectivity index (χ0n) is 10.3. The molecule has 6 heteroatoms. The Hall–Kier alpha value is -1.30. The summed E-state index contributed by atoms with van der Waals surface area (Å²) in [5.74, 6) is -0.0454. The molecular weight excluding hydrogens is 222 g/mol. The van der Waals surface area contributed by atoms with Crippen LogP contribution in [0.5, 0.6) is 0 Å². The van der Waals surface area contributed by atoms with E-state index in [0.717, 1.165) is 12.8 Å². The van der Waals surface area contributed by atoms with Gasteiger partial charge in [-0.05, 0) is 24.7 Å². The third-order valence-corrected chi connectivity index (χ3v) is 2.90. The number of hydrogen-bond acceptors (Lipinski definition) is 3. The number of aliphatic hydroxyl groups is 1. The molecule has 0 aromatic carbocycles. The topological polar surface area (TPSA) is 104 Å². The second-order valence-electron chi connectivity index (χ2n) is 4.88. The van der Waals surface area contributed by atoms with Crippen LogP contribution in [0.25, 0.3) is 0 Å². The molecule has 0 aromatic rings. The molecule has 0 radical (unpaired) electrons. The molecule has 0 saturated heterocycles. The summed E-state index contributed by atoms with van der Waals surface area (Å²) in [7, 11) is 0. The van der Waals surface area contributed by atoms with E-state index in [4.69, 9.17) is 5.73 Å². The molecule has 2 atom stereocenters. The summed E-state index contributed by atoms with van der Waals surface area (Å²) in [6, 6.07) is -1.37. The molecule has 1 saturated carbocycles. The highest BCUT2D eigenvalue weighted by Gasteiger charge is 2.31. The van der Waals surface area contributed by atoms with Crippen LogP contribution in [0.4, 0.5) is 4.79 Å². The first kappa shape index (κ1) is 13.8. The number of amides is 3. The van der Waals surface area contributed by atoms with E-state index in [0.29, 0.717) is 5.92 Å². The first-order valence-corrected chi connectivity index (χ1v) is 5.93. The minimum Gasteiger partial charge on any atom is -0.391 e. The van der Waals surface area contributed by atoms with Crippen molar-refractivity contribution in [3.8, 4) is 0 Å². The van der Waals surface area contributed by atoms with Crippen molar-refractivity contribution in [1.29, 1.82) is 0 Å². The molecule has 0 spiro atoms. The van der Waals surface area contributed by atoms with Gasteiger partial charge in [-0.1, -0.05) is 13.8 Å². The zero-order valence-corrected chi connectivity index (χ0v) is 10.3. The smallest absolute Gasteiger partial charge is 0.312 e. The molecule has 17 heavy (non-hydrogen) atoms. The van der Waals surface area contributed by atoms with Gasteiger partial charge in [0.2, 0.25) is 5.91 Å². The van der Waals surface area contributed by atoms with Crippen LogP contribution in [0.3, 0.4) is 0 Å². The Bertz CT molecular complexity index is 290. The summed E-state index contributed by atoms with van der Waals surface area (Å²) in [6.07, 6.45) is 1.55. The van der Waals surface area contributed by atoms with Gasteiger partial charge in [-0.25, -0.2) is 4.79 Å². The summed E-state index contributed by atoms with van der Waals surface area (Å²) >= 11 is 0. The summed E-state index contributed by atoms with van der Waals surface area (Å²) in [4.78, 5) is 22.5. The van der Waals surface area contributed by atoms with Crippen molar-refractivity contribution in [2.45, 2.75) is 38.8 Å². The number of nitrogens with one attached hydrogen (secondary N) is 2. The molecule has 0 aromatic heterocycles. The van der Waals surface area contributed by atoms with Crippen LogP contribution >= 0.6 is 0 Å². The average molecular weight is 243 g/mol. The number of primary amides is 1. The van der Waals surface area contributed by atoms with E-state index >= 15 is 0 Å². The van der Waals surface area contributed by atoms with E-state index in [1.165, 1.54) is 0 Å². The van der Waals surface area contributed by atoms with Crippen molar-refractivity contribution in [3.05, 3.63) is 0 Å². The van der Waals surface area contributed by atoms with Gasteiger partial charge in [0.15, 0.2) is 0 Å². The first-order valence-electron chi connectivity index (χ1n) is 5.93. The Balaban J connectivity index is 2.38. The first-order chi connectivity index (χ1) is 7.91. The van der Waals surface area contributed by atoms with Crippen LogP contribution in [-0.4, -0.2) is 35.7 Å². The predicted molar refractivity (Wildman–Crippen MR) is 63.1 cm³/mol. The third kappa shape index (κ3) is 4.60. The fraction of sp³-hybridized carbons (Fsp3) is 0.818. The van der Waals surface area contributed by atoms with Gasteiger partial charge in [-0.2, -0.15) is 0 Å². The summed E-state index contributed by atoms with van der Waals surface area (Å²) in [6.45, 7) is 3.86. The van der Waals surface area contributed by atoms with Crippen molar-refractivity contribution in [2.75, 3.05) is 6.54 Å². The average Bonchev–Trinajstić information content (AvgIpc) is 3.04. The molecule has 1 aliphatic rings. The molecule has 0 heterocycles. The van der Waals surface area contributed by atoms with Crippen molar-refractivity contribution in [1.82, 2.24) is 10.6 Å². The third-order valence-electron chi connectivity index (χ3n) is 2.90. The molecule has 1 fully saturated rings. The highest BCUT2D eigenvalue weighted by atomic mass is 16.3. The van der Waals surface area contributed by atoms with Crippen molar-refractivity contribution >= 4 is 11.9 Å². The van der Waals surface area contributed by atoms with Gasteiger partial charge >= 0.3 is 6.03 Å². The van der Waals surface area contributed by atoms with E-state index in [2.05, 4.69) is 10.6 Å². The van der Waals surface area contributed by atoms with Gasteiger partial charge in [0.05, 0.1) is 6.10 Å². The molecule has 6 nitrogen and oxygen atoms in total. The molecule has 1 rings (SSSR count). The number of rotatable bonds is 6. The van der Waals surface area contributed by atoms with Crippen LogP contribution in [0.1, 0.15) is 26.7 Å². The van der Waals surface area contributed by atoms with Gasteiger partial charge in [-0.15, -0.1) is 0 Å². The molecule has 2 unspecified atom stereocenters. The summed E-state index contributed by atoms with van der Waals surface area (Å²) < 4.78 is 0. The second kappa shape index (κ2) is 5.86. The van der Waals surface area contributed by atoms with Crippen LogP contribution in [0.2, 0.25) is 0 Å². The van der Waals surface area contributed by atoms with Gasteiger partial charge in [-0.3, -0.25) is 4.79 Å². The number of hydrogen-bond donors (Lipinski definition) is 4. The minimum atomic E-state index is -0.721. The lowest BCUT2D eigenvalue weighted by Crippen LogP contribution is -2.52. The van der Waals surface area contributed by atoms with E-state index in [9.17, 15) is 14.7 Å². The molecule has 1 aliphatic carbocycles. The van der Waals surface area contributed by atoms with Crippen molar-refractivity contribution < 1.29 is 14.7 Å². The minimum absolute atomic E-state index is 0.0550. The van der Waals surface area contributed by atoms with E-state index in [1.807, 2.05) is 13.8 Å². The Labute approximate surface area is 101 Å². The lowest BCUT2D eigenvalue weighted by molar-refractivity contribution is -0.124. The quantitative estimate of drug-likeness (QED) is 0.508. The SMILES string of the molecule is CC(C)C(NC(N)=O)C(=O)NCC(O)C1CC1. The molecule has 5 N–H and O–H groups in total. The number of carbonyl (C=O) groups is 2. The lowest BCUT2D eigenvalue weighted by atomic mass is 10.0. The maximum Gasteiger partial charge on any atom is 0.312 e. The Morgan fingerprint density at radius 1 is 1.41 bits per heavy atom. The fourth-order valence-corrected chi connectivity index (χ4v) is 1.65. The van der Waals surface area contributed by atoms with Crippen LogP contribution in [0, 0.1) is 11.8 Å². The normalized spacial score (nSPS) is 18.6. The van der Waals surface area contributed by atoms with Crippen molar-refractivity contribution in [2.24, 2.45) is 17.6 Å². The maximum atomic E-state index is 11.8. The van der Waals surface area contributed by atoms with Gasteiger partial charge in [0, 0.05) is 6.54 Å². The number of carbonyl (C=O) groups excluding carboxylic acids is 2. The molecular formula is C11H21N3O3. The van der Waals surface area contributed by atoms with E-state index < -0.39 is 18.2 Å².